The molecule has 0 fully saturated rings. The summed E-state index contributed by atoms with van der Waals surface area (Å²) < 4.78 is 5.04. The number of rotatable bonds is 6. The van der Waals surface area contributed by atoms with Gasteiger partial charge in [0.05, 0.1) is 6.10 Å². The van der Waals surface area contributed by atoms with Crippen LogP contribution in [-0.4, -0.2) is 24.3 Å². The van der Waals surface area contributed by atoms with E-state index in [2.05, 4.69) is 0 Å². The van der Waals surface area contributed by atoms with Crippen LogP contribution in [0.15, 0.2) is 0 Å². The molecular weight excluding hydrogens is 204 g/mol. The SMILES string of the molecule is CCOC(C)C.CC[C@H](CC(C)=O)C(C)=O. The molecule has 0 aliphatic heterocycles. The second-order valence-electron chi connectivity index (χ2n) is 4.13. The van der Waals surface area contributed by atoms with Crippen molar-refractivity contribution in [2.45, 2.75) is 60.5 Å². The zero-order valence-electron chi connectivity index (χ0n) is 11.5. The minimum Gasteiger partial charge on any atom is -0.379 e. The first-order valence-corrected chi connectivity index (χ1v) is 5.96. The number of hydrogen-bond donors (Lipinski definition) is 0. The Morgan fingerprint density at radius 1 is 1.12 bits per heavy atom. The fraction of sp³-hybridized carbons (Fsp3) is 0.846. The van der Waals surface area contributed by atoms with E-state index in [4.69, 9.17) is 4.74 Å². The minimum absolute atomic E-state index is 0.0440. The van der Waals surface area contributed by atoms with E-state index in [1.165, 1.54) is 13.8 Å². The molecule has 0 saturated carbocycles. The van der Waals surface area contributed by atoms with Crippen molar-refractivity contribution in [2.24, 2.45) is 5.92 Å². The van der Waals surface area contributed by atoms with Gasteiger partial charge in [-0.05, 0) is 41.0 Å². The number of ketones is 2. The molecule has 16 heavy (non-hydrogen) atoms. The Morgan fingerprint density at radius 3 is 1.69 bits per heavy atom. The summed E-state index contributed by atoms with van der Waals surface area (Å²) >= 11 is 0. The summed E-state index contributed by atoms with van der Waals surface area (Å²) in [6.07, 6.45) is 1.58. The van der Waals surface area contributed by atoms with E-state index < -0.39 is 0 Å². The predicted molar refractivity (Wildman–Crippen MR) is 66.5 cm³/mol. The fourth-order valence-corrected chi connectivity index (χ4v) is 1.26. The number of ether oxygens (including phenoxy) is 1. The Hall–Kier alpha value is -0.700. The van der Waals surface area contributed by atoms with E-state index in [0.717, 1.165) is 13.0 Å². The molecule has 0 aromatic rings. The number of Topliss-reactive ketones (excluding diaryl/α,β-unsaturated/α-hetero) is 2. The molecule has 0 unspecified atom stereocenters. The van der Waals surface area contributed by atoms with E-state index in [1.54, 1.807) is 0 Å². The number of carbonyl (C=O) groups is 2. The summed E-state index contributed by atoms with van der Waals surface area (Å²) in [4.78, 5) is 21.3. The van der Waals surface area contributed by atoms with Crippen molar-refractivity contribution in [1.82, 2.24) is 0 Å². The number of hydrogen-bond acceptors (Lipinski definition) is 3. The van der Waals surface area contributed by atoms with Gasteiger partial charge >= 0.3 is 0 Å². The lowest BCUT2D eigenvalue weighted by Crippen LogP contribution is -2.12. The molecule has 0 aromatic carbocycles. The molecule has 0 saturated heterocycles. The molecule has 0 amide bonds. The second kappa shape index (κ2) is 10.8. The van der Waals surface area contributed by atoms with Gasteiger partial charge in [-0.15, -0.1) is 0 Å². The van der Waals surface area contributed by atoms with Crippen LogP contribution >= 0.6 is 0 Å². The highest BCUT2D eigenvalue weighted by atomic mass is 16.5. The van der Waals surface area contributed by atoms with E-state index in [1.807, 2.05) is 27.7 Å². The van der Waals surface area contributed by atoms with Crippen molar-refractivity contribution in [3.63, 3.8) is 0 Å². The van der Waals surface area contributed by atoms with Crippen LogP contribution < -0.4 is 0 Å². The summed E-state index contributed by atoms with van der Waals surface area (Å²) in [5, 5.41) is 0. The van der Waals surface area contributed by atoms with Crippen LogP contribution in [0.2, 0.25) is 0 Å². The molecule has 0 rings (SSSR count). The molecule has 0 radical (unpaired) electrons. The predicted octanol–water partition coefficient (Wildman–Crippen LogP) is 3.01. The first-order chi connectivity index (χ1) is 7.34. The minimum atomic E-state index is -0.0440. The first kappa shape index (κ1) is 17.7. The van der Waals surface area contributed by atoms with Crippen molar-refractivity contribution in [3.05, 3.63) is 0 Å². The lowest BCUT2D eigenvalue weighted by atomic mass is 9.96. The van der Waals surface area contributed by atoms with Crippen molar-refractivity contribution in [1.29, 1.82) is 0 Å². The fourth-order valence-electron chi connectivity index (χ4n) is 1.26. The van der Waals surface area contributed by atoms with Gasteiger partial charge in [-0.1, -0.05) is 6.92 Å². The third kappa shape index (κ3) is 13.3. The summed E-state index contributed by atoms with van der Waals surface area (Å²) in [6, 6.07) is 0. The summed E-state index contributed by atoms with van der Waals surface area (Å²) in [6.45, 7) is 11.9. The molecule has 0 spiro atoms. The Morgan fingerprint density at radius 2 is 1.62 bits per heavy atom. The van der Waals surface area contributed by atoms with Crippen LogP contribution in [0.1, 0.15) is 54.4 Å². The van der Waals surface area contributed by atoms with Crippen molar-refractivity contribution in [2.75, 3.05) is 6.61 Å². The van der Waals surface area contributed by atoms with Gasteiger partial charge in [-0.2, -0.15) is 0 Å². The van der Waals surface area contributed by atoms with Gasteiger partial charge in [0.25, 0.3) is 0 Å². The van der Waals surface area contributed by atoms with Gasteiger partial charge in [0.2, 0.25) is 0 Å². The van der Waals surface area contributed by atoms with Gasteiger partial charge < -0.3 is 9.53 Å². The van der Waals surface area contributed by atoms with Gasteiger partial charge in [0.15, 0.2) is 0 Å². The van der Waals surface area contributed by atoms with Crippen LogP contribution in [0.3, 0.4) is 0 Å². The van der Waals surface area contributed by atoms with E-state index in [9.17, 15) is 9.59 Å². The Balaban J connectivity index is 0. The van der Waals surface area contributed by atoms with Crippen molar-refractivity contribution >= 4 is 11.6 Å². The molecule has 3 heteroatoms. The normalized spacial score (nSPS) is 11.7. The van der Waals surface area contributed by atoms with Crippen molar-refractivity contribution < 1.29 is 14.3 Å². The summed E-state index contributed by atoms with van der Waals surface area (Å²) in [5.41, 5.74) is 0. The highest BCUT2D eigenvalue weighted by Crippen LogP contribution is 2.09. The third-order valence-electron chi connectivity index (χ3n) is 2.10. The zero-order chi connectivity index (χ0) is 13.1. The largest absolute Gasteiger partial charge is 0.379 e. The van der Waals surface area contributed by atoms with Gasteiger partial charge in [0.1, 0.15) is 11.6 Å². The molecule has 3 nitrogen and oxygen atoms in total. The first-order valence-electron chi connectivity index (χ1n) is 5.96. The average Bonchev–Trinajstić information content (AvgIpc) is 2.14. The monoisotopic (exact) mass is 230 g/mol. The van der Waals surface area contributed by atoms with Gasteiger partial charge in [0, 0.05) is 18.9 Å². The number of carbonyl (C=O) groups excluding carboxylic acids is 2. The van der Waals surface area contributed by atoms with Crippen molar-refractivity contribution in [3.8, 4) is 0 Å². The zero-order valence-corrected chi connectivity index (χ0v) is 11.5. The molecule has 0 N–H and O–H groups in total. The highest BCUT2D eigenvalue weighted by molar-refractivity contribution is 5.85. The molecule has 0 aliphatic rings. The topological polar surface area (TPSA) is 43.4 Å². The molecule has 96 valence electrons. The Kier molecular flexibility index (Phi) is 11.9. The lowest BCUT2D eigenvalue weighted by Gasteiger charge is -2.06. The molecule has 0 heterocycles. The average molecular weight is 230 g/mol. The maximum atomic E-state index is 10.8. The van der Waals surface area contributed by atoms with Crippen LogP contribution in [0.25, 0.3) is 0 Å². The summed E-state index contributed by atoms with van der Waals surface area (Å²) in [7, 11) is 0. The van der Waals surface area contributed by atoms with Crippen LogP contribution in [-0.2, 0) is 14.3 Å². The van der Waals surface area contributed by atoms with E-state index >= 15 is 0 Å². The smallest absolute Gasteiger partial charge is 0.133 e. The molecule has 1 atom stereocenters. The van der Waals surface area contributed by atoms with Gasteiger partial charge in [-0.25, -0.2) is 0 Å². The highest BCUT2D eigenvalue weighted by Gasteiger charge is 2.12. The van der Waals surface area contributed by atoms with Crippen LogP contribution in [0.5, 0.6) is 0 Å². The van der Waals surface area contributed by atoms with Crippen LogP contribution in [0.4, 0.5) is 0 Å². The Labute approximate surface area is 99.6 Å². The second-order valence-corrected chi connectivity index (χ2v) is 4.13. The molecule has 0 aromatic heterocycles. The van der Waals surface area contributed by atoms with Crippen LogP contribution in [0, 0.1) is 5.92 Å². The Bertz CT molecular complexity index is 197. The van der Waals surface area contributed by atoms with Gasteiger partial charge in [-0.3, -0.25) is 4.79 Å². The van der Waals surface area contributed by atoms with E-state index in [0.29, 0.717) is 12.5 Å². The third-order valence-corrected chi connectivity index (χ3v) is 2.10. The molecular formula is C13H26O3. The summed E-state index contributed by atoms with van der Waals surface area (Å²) in [5.74, 6) is 0.178. The maximum Gasteiger partial charge on any atom is 0.133 e. The molecule has 0 bridgehead atoms. The molecule has 0 aliphatic carbocycles. The maximum absolute atomic E-state index is 10.8. The van der Waals surface area contributed by atoms with E-state index in [-0.39, 0.29) is 17.5 Å². The quantitative estimate of drug-likeness (QED) is 0.704. The standard InChI is InChI=1S/C8H14O2.C5H12O/c1-4-8(7(3)10)5-6(2)9;1-4-6-5(2)3/h8H,4-5H2,1-3H3;5H,4H2,1-3H3/t8-;/m1./s1. The lowest BCUT2D eigenvalue weighted by molar-refractivity contribution is -0.125.